The third-order valence-electron chi connectivity index (χ3n) is 3.64. The predicted octanol–water partition coefficient (Wildman–Crippen LogP) is 3.22. The van der Waals surface area contributed by atoms with Crippen LogP contribution in [0.5, 0.6) is 0 Å². The van der Waals surface area contributed by atoms with Crippen molar-refractivity contribution in [3.63, 3.8) is 0 Å². The Labute approximate surface area is 121 Å². The van der Waals surface area contributed by atoms with Gasteiger partial charge in [-0.3, -0.25) is 0 Å². The van der Waals surface area contributed by atoms with Gasteiger partial charge in [-0.25, -0.2) is 0 Å². The second kappa shape index (κ2) is 6.60. The molecule has 1 rings (SSSR count). The highest BCUT2D eigenvalue weighted by atomic mass is 35.5. The van der Waals surface area contributed by atoms with Crippen molar-refractivity contribution in [3.05, 3.63) is 28.8 Å². The Bertz CT molecular complexity index is 421. The number of aliphatic hydroxyl groups excluding tert-OH is 1. The zero-order chi connectivity index (χ0) is 14.6. The summed E-state index contributed by atoms with van der Waals surface area (Å²) in [5.41, 5.74) is 1.80. The molecule has 1 aromatic rings. The number of rotatable bonds is 6. The van der Waals surface area contributed by atoms with Crippen LogP contribution in [0.15, 0.2) is 18.2 Å². The molecule has 0 aromatic heterocycles. The number of benzene rings is 1. The minimum absolute atomic E-state index is 0.0939. The second-order valence-corrected chi connectivity index (χ2v) is 5.92. The first-order chi connectivity index (χ1) is 8.83. The SMILES string of the molecule is CCNC(C)c1ccc(N(C)C(C)(C)CO)cc1Cl. The second-order valence-electron chi connectivity index (χ2n) is 5.51. The minimum Gasteiger partial charge on any atom is -0.394 e. The van der Waals surface area contributed by atoms with E-state index in [0.29, 0.717) is 0 Å². The summed E-state index contributed by atoms with van der Waals surface area (Å²) in [4.78, 5) is 2.04. The number of aliphatic hydroxyl groups is 1. The van der Waals surface area contributed by atoms with Gasteiger partial charge in [0, 0.05) is 23.8 Å². The topological polar surface area (TPSA) is 35.5 Å². The quantitative estimate of drug-likeness (QED) is 0.842. The van der Waals surface area contributed by atoms with Gasteiger partial charge in [0.25, 0.3) is 0 Å². The molecular formula is C15H25ClN2O. The summed E-state index contributed by atoms with van der Waals surface area (Å²) < 4.78 is 0. The fourth-order valence-electron chi connectivity index (χ4n) is 1.95. The summed E-state index contributed by atoms with van der Waals surface area (Å²) in [6.07, 6.45) is 0. The van der Waals surface area contributed by atoms with E-state index in [1.54, 1.807) is 0 Å². The van der Waals surface area contributed by atoms with Crippen molar-refractivity contribution in [3.8, 4) is 0 Å². The van der Waals surface area contributed by atoms with Crippen molar-refractivity contribution in [2.75, 3.05) is 25.1 Å². The van der Waals surface area contributed by atoms with Gasteiger partial charge in [-0.2, -0.15) is 0 Å². The lowest BCUT2D eigenvalue weighted by atomic mass is 10.0. The highest BCUT2D eigenvalue weighted by Gasteiger charge is 2.23. The molecule has 1 atom stereocenters. The van der Waals surface area contributed by atoms with Crippen LogP contribution in [0.4, 0.5) is 5.69 Å². The van der Waals surface area contributed by atoms with Crippen molar-refractivity contribution in [1.82, 2.24) is 5.32 Å². The Kier molecular flexibility index (Phi) is 5.65. The molecule has 2 N–H and O–H groups in total. The molecule has 0 bridgehead atoms. The van der Waals surface area contributed by atoms with E-state index in [-0.39, 0.29) is 18.2 Å². The van der Waals surface area contributed by atoms with Gasteiger partial charge in [-0.15, -0.1) is 0 Å². The molecule has 0 aliphatic heterocycles. The summed E-state index contributed by atoms with van der Waals surface area (Å²) in [6.45, 7) is 9.18. The molecular weight excluding hydrogens is 260 g/mol. The predicted molar refractivity (Wildman–Crippen MR) is 83.1 cm³/mol. The van der Waals surface area contributed by atoms with Crippen molar-refractivity contribution >= 4 is 17.3 Å². The number of hydrogen-bond acceptors (Lipinski definition) is 3. The monoisotopic (exact) mass is 284 g/mol. The van der Waals surface area contributed by atoms with Gasteiger partial charge in [0.05, 0.1) is 12.1 Å². The number of likely N-dealkylation sites (N-methyl/N-ethyl adjacent to an activating group) is 1. The smallest absolute Gasteiger partial charge is 0.0658 e. The Morgan fingerprint density at radius 3 is 2.53 bits per heavy atom. The van der Waals surface area contributed by atoms with Crippen molar-refractivity contribution in [2.45, 2.75) is 39.3 Å². The van der Waals surface area contributed by atoms with Crippen LogP contribution in [-0.2, 0) is 0 Å². The van der Waals surface area contributed by atoms with Gasteiger partial charge >= 0.3 is 0 Å². The van der Waals surface area contributed by atoms with Gasteiger partial charge in [0.1, 0.15) is 0 Å². The molecule has 0 amide bonds. The first kappa shape index (κ1) is 16.3. The van der Waals surface area contributed by atoms with Gasteiger partial charge in [-0.05, 0) is 45.0 Å². The fraction of sp³-hybridized carbons (Fsp3) is 0.600. The first-order valence-corrected chi connectivity index (χ1v) is 7.08. The van der Waals surface area contributed by atoms with Crippen LogP contribution in [0.3, 0.4) is 0 Å². The third kappa shape index (κ3) is 3.85. The molecule has 0 aliphatic rings. The average molecular weight is 285 g/mol. The van der Waals surface area contributed by atoms with Crippen LogP contribution < -0.4 is 10.2 Å². The van der Waals surface area contributed by atoms with Crippen LogP contribution in [0.2, 0.25) is 5.02 Å². The maximum Gasteiger partial charge on any atom is 0.0658 e. The highest BCUT2D eigenvalue weighted by Crippen LogP contribution is 2.30. The van der Waals surface area contributed by atoms with E-state index in [0.717, 1.165) is 22.8 Å². The van der Waals surface area contributed by atoms with Crippen LogP contribution >= 0.6 is 11.6 Å². The lowest BCUT2D eigenvalue weighted by molar-refractivity contribution is 0.216. The van der Waals surface area contributed by atoms with E-state index in [1.165, 1.54) is 0 Å². The maximum atomic E-state index is 9.42. The van der Waals surface area contributed by atoms with Crippen LogP contribution in [0, 0.1) is 0 Å². The molecule has 0 spiro atoms. The van der Waals surface area contributed by atoms with Crippen LogP contribution in [-0.4, -0.2) is 30.8 Å². The Morgan fingerprint density at radius 2 is 2.05 bits per heavy atom. The Hall–Kier alpha value is -0.770. The minimum atomic E-state index is -0.307. The lowest BCUT2D eigenvalue weighted by Crippen LogP contribution is -2.44. The third-order valence-corrected chi connectivity index (χ3v) is 3.97. The van der Waals surface area contributed by atoms with E-state index in [9.17, 15) is 5.11 Å². The van der Waals surface area contributed by atoms with Crippen molar-refractivity contribution < 1.29 is 5.11 Å². The van der Waals surface area contributed by atoms with Crippen LogP contribution in [0.25, 0.3) is 0 Å². The van der Waals surface area contributed by atoms with E-state index in [4.69, 9.17) is 11.6 Å². The molecule has 4 heteroatoms. The summed E-state index contributed by atoms with van der Waals surface area (Å²) >= 11 is 6.37. The van der Waals surface area contributed by atoms with Crippen molar-refractivity contribution in [2.24, 2.45) is 0 Å². The largest absolute Gasteiger partial charge is 0.394 e. The van der Waals surface area contributed by atoms with Gasteiger partial charge < -0.3 is 15.3 Å². The zero-order valence-corrected chi connectivity index (χ0v) is 13.3. The van der Waals surface area contributed by atoms with Crippen molar-refractivity contribution in [1.29, 1.82) is 0 Å². The summed E-state index contributed by atoms with van der Waals surface area (Å²) in [5.74, 6) is 0. The molecule has 3 nitrogen and oxygen atoms in total. The Balaban J connectivity index is 3.00. The lowest BCUT2D eigenvalue weighted by Gasteiger charge is -2.36. The van der Waals surface area contributed by atoms with Crippen LogP contribution in [0.1, 0.15) is 39.3 Å². The van der Waals surface area contributed by atoms with Gasteiger partial charge in [-0.1, -0.05) is 24.6 Å². The molecule has 19 heavy (non-hydrogen) atoms. The van der Waals surface area contributed by atoms with E-state index >= 15 is 0 Å². The number of anilines is 1. The van der Waals surface area contributed by atoms with E-state index in [2.05, 4.69) is 25.2 Å². The molecule has 0 aliphatic carbocycles. The molecule has 1 unspecified atom stereocenters. The molecule has 0 saturated carbocycles. The maximum absolute atomic E-state index is 9.42. The first-order valence-electron chi connectivity index (χ1n) is 6.71. The number of halogens is 1. The average Bonchev–Trinajstić information content (AvgIpc) is 2.37. The van der Waals surface area contributed by atoms with Gasteiger partial charge in [0.2, 0.25) is 0 Å². The normalized spacial score (nSPS) is 13.4. The summed E-state index contributed by atoms with van der Waals surface area (Å²) in [5, 5.41) is 13.5. The number of nitrogens with one attached hydrogen (secondary N) is 1. The molecule has 108 valence electrons. The fourth-order valence-corrected chi connectivity index (χ4v) is 2.29. The summed E-state index contributed by atoms with van der Waals surface area (Å²) in [7, 11) is 1.97. The number of nitrogens with zero attached hydrogens (tertiary/aromatic N) is 1. The molecule has 0 saturated heterocycles. The Morgan fingerprint density at radius 1 is 1.42 bits per heavy atom. The van der Waals surface area contributed by atoms with Gasteiger partial charge in [0.15, 0.2) is 0 Å². The standard InChI is InChI=1S/C15H25ClN2O/c1-6-17-11(2)13-8-7-12(9-14(13)16)18(5)15(3,4)10-19/h7-9,11,17,19H,6,10H2,1-5H3. The van der Waals surface area contributed by atoms with E-state index in [1.807, 2.05) is 37.9 Å². The summed E-state index contributed by atoms with van der Waals surface area (Å²) in [6, 6.07) is 6.30. The molecule has 0 heterocycles. The molecule has 0 radical (unpaired) electrons. The highest BCUT2D eigenvalue weighted by molar-refractivity contribution is 6.31. The molecule has 0 fully saturated rings. The molecule has 1 aromatic carbocycles. The van der Waals surface area contributed by atoms with E-state index < -0.39 is 0 Å². The zero-order valence-electron chi connectivity index (χ0n) is 12.5. The number of hydrogen-bond donors (Lipinski definition) is 2.